The second kappa shape index (κ2) is 7.43. The monoisotopic (exact) mass is 271 g/mol. The number of nitrogens with one attached hydrogen (secondary N) is 1. The first-order valence-electron chi connectivity index (χ1n) is 6.98. The second-order valence-electron chi connectivity index (χ2n) is 4.76. The van der Waals surface area contributed by atoms with Gasteiger partial charge in [-0.25, -0.2) is 0 Å². The lowest BCUT2D eigenvalue weighted by Gasteiger charge is -2.18. The van der Waals surface area contributed by atoms with Gasteiger partial charge in [-0.2, -0.15) is 10.1 Å². The Balaban J connectivity index is 1.99. The first-order chi connectivity index (χ1) is 9.79. The molecule has 5 heteroatoms. The van der Waals surface area contributed by atoms with Gasteiger partial charge in [0.2, 0.25) is 5.95 Å². The zero-order chi connectivity index (χ0) is 14.2. The molecule has 1 N–H and O–H groups in total. The Labute approximate surface area is 120 Å². The number of aromatic nitrogens is 3. The first-order valence-corrected chi connectivity index (χ1v) is 6.98. The Morgan fingerprint density at radius 3 is 2.75 bits per heavy atom. The molecule has 0 atom stereocenters. The van der Waals surface area contributed by atoms with Crippen LogP contribution in [0.5, 0.6) is 0 Å². The quantitative estimate of drug-likeness (QED) is 0.785. The van der Waals surface area contributed by atoms with Crippen LogP contribution in [0.3, 0.4) is 0 Å². The Hall–Kier alpha value is -2.17. The van der Waals surface area contributed by atoms with E-state index >= 15 is 0 Å². The van der Waals surface area contributed by atoms with E-state index in [0.717, 1.165) is 31.7 Å². The summed E-state index contributed by atoms with van der Waals surface area (Å²) in [4.78, 5) is 6.55. The third kappa shape index (κ3) is 4.19. The minimum Gasteiger partial charge on any atom is -0.354 e. The van der Waals surface area contributed by atoms with E-state index in [0.29, 0.717) is 5.95 Å². The van der Waals surface area contributed by atoms with Crippen LogP contribution >= 0.6 is 0 Å². The topological polar surface area (TPSA) is 53.9 Å². The van der Waals surface area contributed by atoms with Crippen molar-refractivity contribution >= 4 is 11.8 Å². The fourth-order valence-corrected chi connectivity index (χ4v) is 1.87. The van der Waals surface area contributed by atoms with Gasteiger partial charge < -0.3 is 10.2 Å². The molecule has 0 amide bonds. The molecule has 20 heavy (non-hydrogen) atoms. The maximum absolute atomic E-state index is 4.48. The molecule has 0 saturated heterocycles. The van der Waals surface area contributed by atoms with Gasteiger partial charge in [-0.05, 0) is 12.0 Å². The van der Waals surface area contributed by atoms with Crippen molar-refractivity contribution in [3.05, 3.63) is 42.1 Å². The summed E-state index contributed by atoms with van der Waals surface area (Å²) in [7, 11) is 2.01. The molecule has 0 bridgehead atoms. The number of benzene rings is 1. The maximum Gasteiger partial charge on any atom is 0.244 e. The highest BCUT2D eigenvalue weighted by Crippen LogP contribution is 2.12. The first kappa shape index (κ1) is 14.2. The van der Waals surface area contributed by atoms with Crippen molar-refractivity contribution in [2.45, 2.75) is 26.3 Å². The molecule has 0 aliphatic rings. The summed E-state index contributed by atoms with van der Waals surface area (Å²) in [5, 5.41) is 11.2. The van der Waals surface area contributed by atoms with E-state index < -0.39 is 0 Å². The third-order valence-corrected chi connectivity index (χ3v) is 3.01. The molecule has 0 spiro atoms. The van der Waals surface area contributed by atoms with Gasteiger partial charge in [0.05, 0.1) is 6.20 Å². The molecule has 0 aliphatic heterocycles. The van der Waals surface area contributed by atoms with Gasteiger partial charge in [0.25, 0.3) is 0 Å². The van der Waals surface area contributed by atoms with E-state index in [1.807, 2.05) is 25.2 Å². The highest BCUT2D eigenvalue weighted by atomic mass is 15.3. The second-order valence-corrected chi connectivity index (χ2v) is 4.76. The van der Waals surface area contributed by atoms with Crippen molar-refractivity contribution in [3.63, 3.8) is 0 Å². The summed E-state index contributed by atoms with van der Waals surface area (Å²) < 4.78 is 0. The van der Waals surface area contributed by atoms with Crippen LogP contribution in [0.1, 0.15) is 25.3 Å². The SMILES string of the molecule is CCCCNc1nncc(N(C)Cc2ccccc2)n1. The predicted molar refractivity (Wildman–Crippen MR) is 81.8 cm³/mol. The van der Waals surface area contributed by atoms with Crippen LogP contribution in [-0.4, -0.2) is 28.8 Å². The number of unbranched alkanes of at least 4 members (excludes halogenated alkanes) is 1. The van der Waals surface area contributed by atoms with E-state index in [9.17, 15) is 0 Å². The third-order valence-electron chi connectivity index (χ3n) is 3.01. The molecule has 5 nitrogen and oxygen atoms in total. The summed E-state index contributed by atoms with van der Waals surface area (Å²) >= 11 is 0. The lowest BCUT2D eigenvalue weighted by molar-refractivity contribution is 0.811. The molecule has 0 aliphatic carbocycles. The standard InChI is InChI=1S/C15H21N5/c1-3-4-10-16-15-18-14(11-17-19-15)20(2)12-13-8-6-5-7-9-13/h5-9,11H,3-4,10,12H2,1-2H3,(H,16,18,19). The molecule has 0 saturated carbocycles. The van der Waals surface area contributed by atoms with Crippen LogP contribution in [-0.2, 0) is 6.54 Å². The molecule has 0 unspecified atom stereocenters. The van der Waals surface area contributed by atoms with E-state index in [4.69, 9.17) is 0 Å². The van der Waals surface area contributed by atoms with Crippen molar-refractivity contribution in [2.75, 3.05) is 23.8 Å². The van der Waals surface area contributed by atoms with Crippen LogP contribution in [0.15, 0.2) is 36.5 Å². The molecule has 1 aromatic heterocycles. The lowest BCUT2D eigenvalue weighted by Crippen LogP contribution is -2.19. The molecule has 2 aromatic rings. The van der Waals surface area contributed by atoms with E-state index in [2.05, 4.69) is 44.5 Å². The van der Waals surface area contributed by atoms with Crippen molar-refractivity contribution in [2.24, 2.45) is 0 Å². The molecule has 0 fully saturated rings. The van der Waals surface area contributed by atoms with Crippen LogP contribution in [0.4, 0.5) is 11.8 Å². The zero-order valence-corrected chi connectivity index (χ0v) is 12.1. The number of anilines is 2. The number of rotatable bonds is 7. The van der Waals surface area contributed by atoms with Crippen LogP contribution in [0, 0.1) is 0 Å². The summed E-state index contributed by atoms with van der Waals surface area (Å²) in [6.45, 7) is 3.84. The summed E-state index contributed by atoms with van der Waals surface area (Å²) in [6, 6.07) is 10.3. The van der Waals surface area contributed by atoms with E-state index in [1.165, 1.54) is 5.56 Å². The Kier molecular flexibility index (Phi) is 5.29. The average molecular weight is 271 g/mol. The fourth-order valence-electron chi connectivity index (χ4n) is 1.87. The minimum atomic E-state index is 0.593. The van der Waals surface area contributed by atoms with Gasteiger partial charge in [0, 0.05) is 20.1 Å². The van der Waals surface area contributed by atoms with E-state index in [-0.39, 0.29) is 0 Å². The minimum absolute atomic E-state index is 0.593. The predicted octanol–water partition coefficient (Wildman–Crippen LogP) is 2.72. The Morgan fingerprint density at radius 2 is 2.00 bits per heavy atom. The zero-order valence-electron chi connectivity index (χ0n) is 12.1. The lowest BCUT2D eigenvalue weighted by atomic mass is 10.2. The maximum atomic E-state index is 4.48. The van der Waals surface area contributed by atoms with Crippen LogP contribution < -0.4 is 10.2 Å². The molecule has 106 valence electrons. The molecular formula is C15H21N5. The highest BCUT2D eigenvalue weighted by Gasteiger charge is 2.06. The van der Waals surface area contributed by atoms with Crippen LogP contribution in [0.2, 0.25) is 0 Å². The molecule has 0 radical (unpaired) electrons. The summed E-state index contributed by atoms with van der Waals surface area (Å²) in [6.07, 6.45) is 3.94. The van der Waals surface area contributed by atoms with Gasteiger partial charge in [-0.1, -0.05) is 43.7 Å². The van der Waals surface area contributed by atoms with Gasteiger partial charge in [-0.3, -0.25) is 0 Å². The molecule has 1 heterocycles. The van der Waals surface area contributed by atoms with Gasteiger partial charge in [0.15, 0.2) is 5.82 Å². The van der Waals surface area contributed by atoms with Crippen molar-refractivity contribution < 1.29 is 0 Å². The normalized spacial score (nSPS) is 10.3. The largest absolute Gasteiger partial charge is 0.354 e. The van der Waals surface area contributed by atoms with Crippen molar-refractivity contribution in [1.29, 1.82) is 0 Å². The fraction of sp³-hybridized carbons (Fsp3) is 0.400. The number of hydrogen-bond donors (Lipinski definition) is 1. The van der Waals surface area contributed by atoms with Crippen LogP contribution in [0.25, 0.3) is 0 Å². The van der Waals surface area contributed by atoms with Crippen molar-refractivity contribution in [1.82, 2.24) is 15.2 Å². The number of nitrogens with zero attached hydrogens (tertiary/aromatic N) is 4. The number of hydrogen-bond acceptors (Lipinski definition) is 5. The van der Waals surface area contributed by atoms with Gasteiger partial charge in [-0.15, -0.1) is 5.10 Å². The highest BCUT2D eigenvalue weighted by molar-refractivity contribution is 5.40. The Morgan fingerprint density at radius 1 is 1.20 bits per heavy atom. The molecule has 2 rings (SSSR count). The van der Waals surface area contributed by atoms with E-state index in [1.54, 1.807) is 6.20 Å². The van der Waals surface area contributed by atoms with Gasteiger partial charge in [0.1, 0.15) is 0 Å². The Bertz CT molecular complexity index is 515. The molecule has 1 aromatic carbocycles. The van der Waals surface area contributed by atoms with Crippen molar-refractivity contribution in [3.8, 4) is 0 Å². The summed E-state index contributed by atoms with van der Waals surface area (Å²) in [5.74, 6) is 1.42. The van der Waals surface area contributed by atoms with Gasteiger partial charge >= 0.3 is 0 Å². The molecular weight excluding hydrogens is 250 g/mol. The summed E-state index contributed by atoms with van der Waals surface area (Å²) in [5.41, 5.74) is 1.24. The smallest absolute Gasteiger partial charge is 0.244 e. The average Bonchev–Trinajstić information content (AvgIpc) is 2.49.